The van der Waals surface area contributed by atoms with Crippen molar-refractivity contribution < 1.29 is 9.53 Å². The molecule has 4 rings (SSSR count). The van der Waals surface area contributed by atoms with Crippen molar-refractivity contribution in [2.24, 2.45) is 0 Å². The SMILES string of the molecule is CCCNC(=O)Cn1nc2n(Cc3ccccc3OC)c(=O)c3sccc3n2c1=O. The summed E-state index contributed by atoms with van der Waals surface area (Å²) in [5.41, 5.74) is 0.559. The highest BCUT2D eigenvalue weighted by molar-refractivity contribution is 7.17. The van der Waals surface area contributed by atoms with Crippen molar-refractivity contribution in [2.45, 2.75) is 26.4 Å². The summed E-state index contributed by atoms with van der Waals surface area (Å²) in [6, 6.07) is 9.08. The van der Waals surface area contributed by atoms with Gasteiger partial charge in [0.15, 0.2) is 0 Å². The summed E-state index contributed by atoms with van der Waals surface area (Å²) in [5.74, 6) is 0.516. The van der Waals surface area contributed by atoms with Gasteiger partial charge >= 0.3 is 5.69 Å². The average molecular weight is 427 g/mol. The normalized spacial score (nSPS) is 11.3. The van der Waals surface area contributed by atoms with E-state index in [0.29, 0.717) is 22.5 Å². The second kappa shape index (κ2) is 8.15. The molecule has 1 amide bonds. The highest BCUT2D eigenvalue weighted by atomic mass is 32.1. The maximum Gasteiger partial charge on any atom is 0.352 e. The van der Waals surface area contributed by atoms with Crippen LogP contribution in [0.5, 0.6) is 5.75 Å². The zero-order valence-electron chi connectivity index (χ0n) is 16.6. The molecule has 0 aliphatic carbocycles. The molecule has 0 spiro atoms. The van der Waals surface area contributed by atoms with Gasteiger partial charge in [0.05, 0.1) is 19.2 Å². The monoisotopic (exact) mass is 427 g/mol. The first-order valence-electron chi connectivity index (χ1n) is 9.53. The van der Waals surface area contributed by atoms with Gasteiger partial charge in [0, 0.05) is 12.1 Å². The van der Waals surface area contributed by atoms with Crippen LogP contribution < -0.4 is 21.3 Å². The van der Waals surface area contributed by atoms with Gasteiger partial charge in [-0.3, -0.25) is 14.2 Å². The van der Waals surface area contributed by atoms with E-state index in [1.54, 1.807) is 18.6 Å². The molecular weight excluding hydrogens is 406 g/mol. The smallest absolute Gasteiger partial charge is 0.352 e. The predicted octanol–water partition coefficient (Wildman–Crippen LogP) is 1.46. The number of thiophene rings is 1. The Hall–Kier alpha value is -3.40. The minimum atomic E-state index is -0.464. The van der Waals surface area contributed by atoms with Crippen molar-refractivity contribution >= 4 is 33.2 Å². The number of amides is 1. The van der Waals surface area contributed by atoms with Gasteiger partial charge < -0.3 is 10.1 Å². The predicted molar refractivity (Wildman–Crippen MR) is 114 cm³/mol. The average Bonchev–Trinajstić information content (AvgIpc) is 3.35. The first kappa shape index (κ1) is 19.9. The van der Waals surface area contributed by atoms with Crippen LogP contribution in [-0.2, 0) is 17.9 Å². The molecule has 3 aromatic heterocycles. The lowest BCUT2D eigenvalue weighted by Crippen LogP contribution is -2.33. The molecule has 0 atom stereocenters. The summed E-state index contributed by atoms with van der Waals surface area (Å²) < 4.78 is 9.77. The molecule has 0 unspecified atom stereocenters. The number of fused-ring (bicyclic) bond motifs is 3. The number of carbonyl (C=O) groups excluding carboxylic acids is 1. The van der Waals surface area contributed by atoms with Crippen molar-refractivity contribution in [2.75, 3.05) is 13.7 Å². The fourth-order valence-electron chi connectivity index (χ4n) is 3.34. The molecule has 10 heteroatoms. The Morgan fingerprint density at radius 2 is 2.03 bits per heavy atom. The number of para-hydroxylation sites is 1. The van der Waals surface area contributed by atoms with Crippen molar-refractivity contribution in [3.05, 3.63) is 62.1 Å². The molecule has 0 saturated carbocycles. The largest absolute Gasteiger partial charge is 0.496 e. The minimum absolute atomic E-state index is 0.179. The maximum absolute atomic E-state index is 13.2. The highest BCUT2D eigenvalue weighted by Crippen LogP contribution is 2.21. The standard InChI is InChI=1S/C20H21N5O4S/c1-3-9-21-16(26)12-24-20(28)25-14-8-10-30-17(14)18(27)23(19(25)22-24)11-13-6-4-5-7-15(13)29-2/h4-8,10H,3,9,11-12H2,1-2H3,(H,21,26). The van der Waals surface area contributed by atoms with E-state index in [-0.39, 0.29) is 30.3 Å². The molecule has 3 heterocycles. The zero-order chi connectivity index (χ0) is 21.3. The van der Waals surface area contributed by atoms with Gasteiger partial charge in [-0.1, -0.05) is 25.1 Å². The third kappa shape index (κ3) is 3.39. The van der Waals surface area contributed by atoms with Crippen molar-refractivity contribution in [3.63, 3.8) is 0 Å². The summed E-state index contributed by atoms with van der Waals surface area (Å²) in [6.45, 7) is 2.43. The topological polar surface area (TPSA) is 99.6 Å². The molecule has 0 fully saturated rings. The van der Waals surface area contributed by atoms with Gasteiger partial charge in [-0.2, -0.15) is 0 Å². The third-order valence-corrected chi connectivity index (χ3v) is 5.67. The van der Waals surface area contributed by atoms with E-state index in [1.807, 2.05) is 31.2 Å². The summed E-state index contributed by atoms with van der Waals surface area (Å²) >= 11 is 1.27. The summed E-state index contributed by atoms with van der Waals surface area (Å²) in [6.07, 6.45) is 0.791. The number of nitrogens with one attached hydrogen (secondary N) is 1. The molecule has 0 radical (unpaired) electrons. The fraction of sp³-hybridized carbons (Fsp3) is 0.300. The molecule has 4 aromatic rings. The maximum atomic E-state index is 13.2. The molecule has 0 saturated heterocycles. The van der Waals surface area contributed by atoms with Gasteiger partial charge in [-0.25, -0.2) is 13.9 Å². The Labute approximate surface area is 175 Å². The number of carbonyl (C=O) groups is 1. The molecule has 1 N–H and O–H groups in total. The van der Waals surface area contributed by atoms with Crippen LogP contribution >= 0.6 is 11.3 Å². The Morgan fingerprint density at radius 1 is 1.23 bits per heavy atom. The van der Waals surface area contributed by atoms with E-state index in [2.05, 4.69) is 10.4 Å². The second-order valence-electron chi connectivity index (χ2n) is 6.76. The number of hydrogen-bond donors (Lipinski definition) is 1. The lowest BCUT2D eigenvalue weighted by Gasteiger charge is -2.11. The van der Waals surface area contributed by atoms with Gasteiger partial charge in [0.1, 0.15) is 17.0 Å². The lowest BCUT2D eigenvalue weighted by molar-refractivity contribution is -0.121. The van der Waals surface area contributed by atoms with E-state index in [4.69, 9.17) is 4.74 Å². The van der Waals surface area contributed by atoms with E-state index in [1.165, 1.54) is 20.3 Å². The second-order valence-corrected chi connectivity index (χ2v) is 7.68. The number of aromatic nitrogens is 4. The number of ether oxygens (including phenoxy) is 1. The van der Waals surface area contributed by atoms with Crippen molar-refractivity contribution in [3.8, 4) is 5.75 Å². The highest BCUT2D eigenvalue weighted by Gasteiger charge is 2.20. The minimum Gasteiger partial charge on any atom is -0.496 e. The number of rotatable bonds is 7. The van der Waals surface area contributed by atoms with E-state index in [0.717, 1.165) is 16.7 Å². The number of benzene rings is 1. The Morgan fingerprint density at radius 3 is 2.80 bits per heavy atom. The Bertz CT molecular complexity index is 1350. The number of hydrogen-bond acceptors (Lipinski definition) is 6. The van der Waals surface area contributed by atoms with Crippen molar-refractivity contribution in [1.82, 2.24) is 24.1 Å². The van der Waals surface area contributed by atoms with Crippen LogP contribution in [0.3, 0.4) is 0 Å². The quantitative estimate of drug-likeness (QED) is 0.481. The van der Waals surface area contributed by atoms with Crippen LogP contribution in [-0.4, -0.2) is 38.3 Å². The molecule has 1 aromatic carbocycles. The van der Waals surface area contributed by atoms with Crippen LogP contribution in [0.4, 0.5) is 0 Å². The van der Waals surface area contributed by atoms with Gasteiger partial charge in [-0.15, -0.1) is 16.4 Å². The molecule has 30 heavy (non-hydrogen) atoms. The van der Waals surface area contributed by atoms with Crippen LogP contribution in [0.25, 0.3) is 16.0 Å². The zero-order valence-corrected chi connectivity index (χ0v) is 17.4. The van der Waals surface area contributed by atoms with Crippen LogP contribution in [0.15, 0.2) is 45.3 Å². The third-order valence-electron chi connectivity index (χ3n) is 4.77. The molecule has 9 nitrogen and oxygen atoms in total. The lowest BCUT2D eigenvalue weighted by atomic mass is 10.2. The first-order chi connectivity index (χ1) is 14.5. The van der Waals surface area contributed by atoms with Crippen LogP contribution in [0, 0.1) is 0 Å². The molecule has 0 aliphatic rings. The molecule has 0 aliphatic heterocycles. The van der Waals surface area contributed by atoms with Gasteiger partial charge in [-0.05, 0) is 23.9 Å². The fourth-order valence-corrected chi connectivity index (χ4v) is 4.16. The van der Waals surface area contributed by atoms with Crippen LogP contribution in [0.2, 0.25) is 0 Å². The van der Waals surface area contributed by atoms with E-state index < -0.39 is 5.69 Å². The molecule has 0 bridgehead atoms. The number of nitrogens with zero attached hydrogens (tertiary/aromatic N) is 4. The van der Waals surface area contributed by atoms with E-state index in [9.17, 15) is 14.4 Å². The summed E-state index contributed by atoms with van der Waals surface area (Å²) in [4.78, 5) is 38.4. The molecular formula is C20H21N5O4S. The van der Waals surface area contributed by atoms with Crippen molar-refractivity contribution in [1.29, 1.82) is 0 Å². The Kier molecular flexibility index (Phi) is 5.40. The Balaban J connectivity index is 1.90. The van der Waals surface area contributed by atoms with Gasteiger partial charge in [0.25, 0.3) is 5.56 Å². The van der Waals surface area contributed by atoms with E-state index >= 15 is 0 Å². The first-order valence-corrected chi connectivity index (χ1v) is 10.4. The van der Waals surface area contributed by atoms with Crippen LogP contribution in [0.1, 0.15) is 18.9 Å². The molecule has 156 valence electrons. The van der Waals surface area contributed by atoms with Gasteiger partial charge in [0.2, 0.25) is 11.7 Å². The summed E-state index contributed by atoms with van der Waals surface area (Å²) in [7, 11) is 1.56. The summed E-state index contributed by atoms with van der Waals surface area (Å²) in [5, 5.41) is 8.83. The number of methoxy groups -OCH3 is 1.